The van der Waals surface area contributed by atoms with Gasteiger partial charge < -0.3 is 5.11 Å². The Hall–Kier alpha value is -1.57. The predicted molar refractivity (Wildman–Crippen MR) is 65.3 cm³/mol. The van der Waals surface area contributed by atoms with E-state index in [-0.39, 0.29) is 5.92 Å². The van der Waals surface area contributed by atoms with Crippen LogP contribution >= 0.6 is 0 Å². The fraction of sp³-hybridized carbons (Fsp3) is 0.357. The summed E-state index contributed by atoms with van der Waals surface area (Å²) in [6, 6.07) is 9.96. The molecule has 0 unspecified atom stereocenters. The van der Waals surface area contributed by atoms with Gasteiger partial charge in [0.1, 0.15) is 0 Å². The first-order valence-corrected chi connectivity index (χ1v) is 5.57. The molecule has 0 fully saturated rings. The predicted octanol–water partition coefficient (Wildman–Crippen LogP) is 3.29. The summed E-state index contributed by atoms with van der Waals surface area (Å²) in [6.07, 6.45) is 3.20. The number of hydrogen-bond donors (Lipinski definition) is 1. The van der Waals surface area contributed by atoms with Gasteiger partial charge in [0.05, 0.1) is 0 Å². The van der Waals surface area contributed by atoms with Gasteiger partial charge >= 0.3 is 5.97 Å². The molecule has 86 valence electrons. The van der Waals surface area contributed by atoms with Crippen molar-refractivity contribution < 1.29 is 9.90 Å². The van der Waals surface area contributed by atoms with Crippen molar-refractivity contribution >= 4 is 5.97 Å². The first-order chi connectivity index (χ1) is 7.59. The summed E-state index contributed by atoms with van der Waals surface area (Å²) in [6.45, 7) is 3.98. The number of allylic oxidation sites excluding steroid dienone is 1. The van der Waals surface area contributed by atoms with Crippen molar-refractivity contribution in [1.82, 2.24) is 0 Å². The summed E-state index contributed by atoms with van der Waals surface area (Å²) < 4.78 is 0. The molecule has 0 atom stereocenters. The van der Waals surface area contributed by atoms with Crippen LogP contribution < -0.4 is 0 Å². The van der Waals surface area contributed by atoms with E-state index in [0.717, 1.165) is 6.42 Å². The van der Waals surface area contributed by atoms with Crippen LogP contribution in [0, 0.1) is 5.92 Å². The number of benzene rings is 1. The molecule has 1 aromatic carbocycles. The smallest absolute Gasteiger partial charge is 0.331 e. The molecule has 2 heteroatoms. The van der Waals surface area contributed by atoms with Crippen LogP contribution in [0.25, 0.3) is 0 Å². The SMILES string of the molecule is CC(C)C=C(CCc1ccccc1)C(=O)O. The van der Waals surface area contributed by atoms with Crippen LogP contribution in [0.1, 0.15) is 25.8 Å². The maximum Gasteiger partial charge on any atom is 0.331 e. The van der Waals surface area contributed by atoms with Gasteiger partial charge in [-0.3, -0.25) is 0 Å². The van der Waals surface area contributed by atoms with E-state index < -0.39 is 5.97 Å². The molecule has 0 aliphatic carbocycles. The number of hydrogen-bond acceptors (Lipinski definition) is 1. The standard InChI is InChI=1S/C14H18O2/c1-11(2)10-13(14(15)16)9-8-12-6-4-3-5-7-12/h3-7,10-11H,8-9H2,1-2H3,(H,15,16). The number of rotatable bonds is 5. The first kappa shape index (κ1) is 12.5. The Bertz CT molecular complexity index is 364. The highest BCUT2D eigenvalue weighted by molar-refractivity contribution is 5.86. The number of carboxylic acids is 1. The molecular weight excluding hydrogens is 200 g/mol. The molecule has 0 bridgehead atoms. The molecule has 0 heterocycles. The van der Waals surface area contributed by atoms with Gasteiger partial charge in [-0.2, -0.15) is 0 Å². The third-order valence-electron chi connectivity index (χ3n) is 2.34. The van der Waals surface area contributed by atoms with Crippen LogP contribution in [0.4, 0.5) is 0 Å². The summed E-state index contributed by atoms with van der Waals surface area (Å²) in [5.74, 6) is -0.522. The van der Waals surface area contributed by atoms with Crippen LogP contribution in [0.5, 0.6) is 0 Å². The highest BCUT2D eigenvalue weighted by Crippen LogP contribution is 2.12. The average Bonchev–Trinajstić information content (AvgIpc) is 2.25. The fourth-order valence-electron chi connectivity index (χ4n) is 1.59. The Kier molecular flexibility index (Phi) is 4.77. The Morgan fingerprint density at radius 2 is 1.94 bits per heavy atom. The van der Waals surface area contributed by atoms with Crippen LogP contribution in [0.15, 0.2) is 42.0 Å². The molecule has 0 aliphatic heterocycles. The molecule has 0 saturated carbocycles. The lowest BCUT2D eigenvalue weighted by Gasteiger charge is -2.04. The van der Waals surface area contributed by atoms with Crippen molar-refractivity contribution in [3.05, 3.63) is 47.5 Å². The quantitative estimate of drug-likeness (QED) is 0.770. The van der Waals surface area contributed by atoms with Gasteiger partial charge in [-0.1, -0.05) is 50.3 Å². The van der Waals surface area contributed by atoms with Crippen molar-refractivity contribution in [2.24, 2.45) is 5.92 Å². The van der Waals surface area contributed by atoms with Gasteiger partial charge in [0.25, 0.3) is 0 Å². The van der Waals surface area contributed by atoms with E-state index in [1.807, 2.05) is 50.3 Å². The summed E-state index contributed by atoms with van der Waals surface area (Å²) in [5, 5.41) is 9.03. The van der Waals surface area contributed by atoms with E-state index in [1.54, 1.807) is 0 Å². The average molecular weight is 218 g/mol. The van der Waals surface area contributed by atoms with E-state index >= 15 is 0 Å². The second-order valence-electron chi connectivity index (χ2n) is 4.23. The molecule has 0 spiro atoms. The van der Waals surface area contributed by atoms with E-state index in [1.165, 1.54) is 5.56 Å². The lowest BCUT2D eigenvalue weighted by atomic mass is 10.0. The van der Waals surface area contributed by atoms with Crippen LogP contribution in [-0.4, -0.2) is 11.1 Å². The molecule has 0 amide bonds. The van der Waals surface area contributed by atoms with Crippen molar-refractivity contribution in [1.29, 1.82) is 0 Å². The van der Waals surface area contributed by atoms with Crippen molar-refractivity contribution in [2.75, 3.05) is 0 Å². The third-order valence-corrected chi connectivity index (χ3v) is 2.34. The van der Waals surface area contributed by atoms with Gasteiger partial charge in [0.2, 0.25) is 0 Å². The Balaban J connectivity index is 2.61. The summed E-state index contributed by atoms with van der Waals surface area (Å²) in [5.41, 5.74) is 1.69. The Morgan fingerprint density at radius 1 is 1.31 bits per heavy atom. The number of carbonyl (C=O) groups is 1. The van der Waals surface area contributed by atoms with E-state index in [4.69, 9.17) is 5.11 Å². The maximum atomic E-state index is 11.0. The molecule has 16 heavy (non-hydrogen) atoms. The Labute approximate surface area is 96.6 Å². The first-order valence-electron chi connectivity index (χ1n) is 5.57. The number of aliphatic carboxylic acids is 1. The van der Waals surface area contributed by atoms with Gasteiger partial charge in [-0.25, -0.2) is 4.79 Å². The summed E-state index contributed by atoms with van der Waals surface area (Å²) in [7, 11) is 0. The minimum absolute atomic E-state index is 0.280. The van der Waals surface area contributed by atoms with Crippen LogP contribution in [0.2, 0.25) is 0 Å². The van der Waals surface area contributed by atoms with Gasteiger partial charge in [-0.05, 0) is 24.3 Å². The zero-order valence-corrected chi connectivity index (χ0v) is 9.81. The van der Waals surface area contributed by atoms with Crippen LogP contribution in [-0.2, 0) is 11.2 Å². The fourth-order valence-corrected chi connectivity index (χ4v) is 1.59. The zero-order valence-electron chi connectivity index (χ0n) is 9.81. The van der Waals surface area contributed by atoms with E-state index in [9.17, 15) is 4.79 Å². The molecular formula is C14H18O2. The second-order valence-corrected chi connectivity index (χ2v) is 4.23. The molecule has 0 aliphatic rings. The van der Waals surface area contributed by atoms with E-state index in [0.29, 0.717) is 12.0 Å². The van der Waals surface area contributed by atoms with Crippen molar-refractivity contribution in [3.8, 4) is 0 Å². The lowest BCUT2D eigenvalue weighted by Crippen LogP contribution is -2.03. The molecule has 0 radical (unpaired) electrons. The second kappa shape index (κ2) is 6.11. The molecule has 1 N–H and O–H groups in total. The Morgan fingerprint density at radius 3 is 2.44 bits per heavy atom. The van der Waals surface area contributed by atoms with E-state index in [2.05, 4.69) is 0 Å². The van der Waals surface area contributed by atoms with Crippen molar-refractivity contribution in [3.63, 3.8) is 0 Å². The highest BCUT2D eigenvalue weighted by atomic mass is 16.4. The summed E-state index contributed by atoms with van der Waals surface area (Å²) in [4.78, 5) is 11.0. The normalized spacial score (nSPS) is 11.8. The minimum atomic E-state index is -0.801. The topological polar surface area (TPSA) is 37.3 Å². The lowest BCUT2D eigenvalue weighted by molar-refractivity contribution is -0.132. The number of carboxylic acid groups (broad SMARTS) is 1. The monoisotopic (exact) mass is 218 g/mol. The molecule has 1 aromatic rings. The minimum Gasteiger partial charge on any atom is -0.478 e. The summed E-state index contributed by atoms with van der Waals surface area (Å²) >= 11 is 0. The molecule has 0 saturated heterocycles. The highest BCUT2D eigenvalue weighted by Gasteiger charge is 2.07. The van der Waals surface area contributed by atoms with Crippen molar-refractivity contribution in [2.45, 2.75) is 26.7 Å². The molecule has 2 nitrogen and oxygen atoms in total. The number of aryl methyl sites for hydroxylation is 1. The molecule has 1 rings (SSSR count). The van der Waals surface area contributed by atoms with Crippen LogP contribution in [0.3, 0.4) is 0 Å². The third kappa shape index (κ3) is 4.30. The maximum absolute atomic E-state index is 11.0. The molecule has 0 aromatic heterocycles. The zero-order chi connectivity index (χ0) is 12.0. The van der Waals surface area contributed by atoms with Gasteiger partial charge in [0.15, 0.2) is 0 Å². The van der Waals surface area contributed by atoms with Gasteiger partial charge in [-0.15, -0.1) is 0 Å². The van der Waals surface area contributed by atoms with Gasteiger partial charge in [0, 0.05) is 5.57 Å². The largest absolute Gasteiger partial charge is 0.478 e.